The Balaban J connectivity index is 2.70. The van der Waals surface area contributed by atoms with Crippen LogP contribution in [0.5, 0.6) is 0 Å². The van der Waals surface area contributed by atoms with Gasteiger partial charge >= 0.3 is 0 Å². The molecule has 2 nitrogen and oxygen atoms in total. The fourth-order valence-corrected chi connectivity index (χ4v) is 2.53. The summed E-state index contributed by atoms with van der Waals surface area (Å²) in [7, 11) is 0. The Morgan fingerprint density at radius 2 is 2.16 bits per heavy atom. The predicted molar refractivity (Wildman–Crippen MR) is 77.9 cm³/mol. The first-order chi connectivity index (χ1) is 9.12. The number of anilines is 1. The fourth-order valence-electron chi connectivity index (χ4n) is 2.53. The van der Waals surface area contributed by atoms with Crippen molar-refractivity contribution in [1.82, 2.24) is 0 Å². The quantitative estimate of drug-likeness (QED) is 0.553. The van der Waals surface area contributed by atoms with Crippen molar-refractivity contribution < 1.29 is 4.79 Å². The van der Waals surface area contributed by atoms with Crippen LogP contribution in [0.4, 0.5) is 5.69 Å². The zero-order chi connectivity index (χ0) is 14.0. The number of carbonyl (C=O) groups excluding carboxylic acids is 1. The molecule has 94 valence electrons. The standard InChI is InChI=1S/C17H15NO/c1-5-8-15-11-18(12(4)19)16-10-13(6-2)9-14(7-3)17(15)16/h2-3,5,8-10,15H,11H2,1,4H3/b8-5+. The van der Waals surface area contributed by atoms with E-state index in [2.05, 4.69) is 17.9 Å². The molecule has 0 saturated heterocycles. The van der Waals surface area contributed by atoms with Gasteiger partial charge in [-0.2, -0.15) is 0 Å². The molecule has 1 amide bonds. The van der Waals surface area contributed by atoms with Crippen LogP contribution in [-0.2, 0) is 4.79 Å². The van der Waals surface area contributed by atoms with Crippen molar-refractivity contribution >= 4 is 11.6 Å². The van der Waals surface area contributed by atoms with E-state index in [4.69, 9.17) is 12.8 Å². The van der Waals surface area contributed by atoms with E-state index in [1.807, 2.05) is 25.1 Å². The molecule has 1 atom stereocenters. The molecule has 2 rings (SSSR count). The number of hydrogen-bond acceptors (Lipinski definition) is 1. The third-order valence-corrected chi connectivity index (χ3v) is 3.33. The molecule has 1 aliphatic rings. The number of hydrogen-bond donors (Lipinski definition) is 0. The number of terminal acetylenes is 2. The first-order valence-corrected chi connectivity index (χ1v) is 6.14. The van der Waals surface area contributed by atoms with E-state index in [-0.39, 0.29) is 11.8 Å². The van der Waals surface area contributed by atoms with Crippen LogP contribution in [0.2, 0.25) is 0 Å². The van der Waals surface area contributed by atoms with E-state index in [0.29, 0.717) is 12.1 Å². The van der Waals surface area contributed by atoms with Gasteiger partial charge in [-0.15, -0.1) is 12.8 Å². The Kier molecular flexibility index (Phi) is 3.45. The van der Waals surface area contributed by atoms with Crippen molar-refractivity contribution in [2.24, 2.45) is 0 Å². The number of fused-ring (bicyclic) bond motifs is 1. The van der Waals surface area contributed by atoms with E-state index >= 15 is 0 Å². The highest BCUT2D eigenvalue weighted by molar-refractivity contribution is 5.95. The Morgan fingerprint density at radius 3 is 2.68 bits per heavy atom. The summed E-state index contributed by atoms with van der Waals surface area (Å²) in [6.07, 6.45) is 15.1. The highest BCUT2D eigenvalue weighted by Crippen LogP contribution is 2.40. The van der Waals surface area contributed by atoms with Gasteiger partial charge in [0.25, 0.3) is 0 Å². The molecule has 0 aliphatic carbocycles. The van der Waals surface area contributed by atoms with Gasteiger partial charge < -0.3 is 4.90 Å². The molecule has 2 heteroatoms. The van der Waals surface area contributed by atoms with E-state index in [9.17, 15) is 4.79 Å². The highest BCUT2D eigenvalue weighted by Gasteiger charge is 2.31. The molecule has 0 radical (unpaired) electrons. The Bertz CT molecular complexity index is 640. The number of rotatable bonds is 1. The SMILES string of the molecule is C#Cc1cc(C#C)c2c(c1)N(C(C)=O)CC2/C=C/C. The van der Waals surface area contributed by atoms with Crippen LogP contribution in [0.25, 0.3) is 0 Å². The van der Waals surface area contributed by atoms with Gasteiger partial charge in [0.15, 0.2) is 0 Å². The molecular weight excluding hydrogens is 234 g/mol. The van der Waals surface area contributed by atoms with Gasteiger partial charge in [-0.1, -0.05) is 24.0 Å². The largest absolute Gasteiger partial charge is 0.311 e. The lowest BCUT2D eigenvalue weighted by Gasteiger charge is -2.15. The van der Waals surface area contributed by atoms with Crippen LogP contribution >= 0.6 is 0 Å². The van der Waals surface area contributed by atoms with Crippen LogP contribution in [0.3, 0.4) is 0 Å². The first-order valence-electron chi connectivity index (χ1n) is 6.14. The topological polar surface area (TPSA) is 20.3 Å². The second-order valence-corrected chi connectivity index (χ2v) is 4.51. The third-order valence-electron chi connectivity index (χ3n) is 3.33. The number of amides is 1. The van der Waals surface area contributed by atoms with E-state index in [0.717, 1.165) is 16.8 Å². The van der Waals surface area contributed by atoms with Gasteiger partial charge in [0, 0.05) is 41.8 Å². The molecule has 0 N–H and O–H groups in total. The molecule has 0 bridgehead atoms. The number of allylic oxidation sites excluding steroid dienone is 1. The van der Waals surface area contributed by atoms with E-state index in [1.54, 1.807) is 11.8 Å². The third kappa shape index (κ3) is 2.14. The molecule has 1 aromatic carbocycles. The van der Waals surface area contributed by atoms with Crippen molar-refractivity contribution in [2.45, 2.75) is 19.8 Å². The van der Waals surface area contributed by atoms with Crippen molar-refractivity contribution in [3.05, 3.63) is 41.0 Å². The maximum Gasteiger partial charge on any atom is 0.223 e. The second-order valence-electron chi connectivity index (χ2n) is 4.51. The van der Waals surface area contributed by atoms with Gasteiger partial charge in [-0.05, 0) is 19.1 Å². The van der Waals surface area contributed by atoms with Crippen molar-refractivity contribution in [3.63, 3.8) is 0 Å². The molecule has 0 aromatic heterocycles. The molecule has 1 aliphatic heterocycles. The summed E-state index contributed by atoms with van der Waals surface area (Å²) in [5.41, 5.74) is 3.35. The summed E-state index contributed by atoms with van der Waals surface area (Å²) in [6.45, 7) is 4.14. The smallest absolute Gasteiger partial charge is 0.223 e. The number of carbonyl (C=O) groups is 1. The van der Waals surface area contributed by atoms with Gasteiger partial charge in [-0.3, -0.25) is 4.79 Å². The van der Waals surface area contributed by atoms with Gasteiger partial charge in [-0.25, -0.2) is 0 Å². The molecule has 1 aromatic rings. The summed E-state index contributed by atoms with van der Waals surface area (Å²) in [5, 5.41) is 0. The van der Waals surface area contributed by atoms with E-state index in [1.165, 1.54) is 0 Å². The maximum atomic E-state index is 11.8. The lowest BCUT2D eigenvalue weighted by atomic mass is 9.94. The lowest BCUT2D eigenvalue weighted by molar-refractivity contribution is -0.116. The highest BCUT2D eigenvalue weighted by atomic mass is 16.2. The molecule has 19 heavy (non-hydrogen) atoms. The Hall–Kier alpha value is -2.45. The summed E-state index contributed by atoms with van der Waals surface area (Å²) < 4.78 is 0. The summed E-state index contributed by atoms with van der Waals surface area (Å²) in [6, 6.07) is 3.69. The molecular formula is C17H15NO. The maximum absolute atomic E-state index is 11.8. The minimum atomic E-state index is 0.00500. The zero-order valence-electron chi connectivity index (χ0n) is 11.1. The van der Waals surface area contributed by atoms with Crippen LogP contribution in [0, 0.1) is 24.7 Å². The number of nitrogens with zero attached hydrogens (tertiary/aromatic N) is 1. The lowest BCUT2D eigenvalue weighted by Crippen LogP contribution is -2.26. The number of benzene rings is 1. The summed E-state index contributed by atoms with van der Waals surface area (Å²) in [5.74, 6) is 5.41. The van der Waals surface area contributed by atoms with Crippen LogP contribution in [0.15, 0.2) is 24.3 Å². The van der Waals surface area contributed by atoms with Crippen LogP contribution in [0.1, 0.15) is 36.5 Å². The van der Waals surface area contributed by atoms with Crippen molar-refractivity contribution in [3.8, 4) is 24.7 Å². The Labute approximate surface area is 114 Å². The normalized spacial score (nSPS) is 17.1. The average Bonchev–Trinajstić information content (AvgIpc) is 2.77. The monoisotopic (exact) mass is 249 g/mol. The molecule has 1 heterocycles. The summed E-state index contributed by atoms with van der Waals surface area (Å²) >= 11 is 0. The van der Waals surface area contributed by atoms with Gasteiger partial charge in [0.1, 0.15) is 0 Å². The molecule has 0 saturated carbocycles. The molecule has 0 fully saturated rings. The van der Waals surface area contributed by atoms with Crippen molar-refractivity contribution in [1.29, 1.82) is 0 Å². The Morgan fingerprint density at radius 1 is 1.42 bits per heavy atom. The van der Waals surface area contributed by atoms with Crippen LogP contribution < -0.4 is 4.90 Å². The summed E-state index contributed by atoms with van der Waals surface area (Å²) in [4.78, 5) is 13.5. The van der Waals surface area contributed by atoms with E-state index < -0.39 is 0 Å². The fraction of sp³-hybridized carbons (Fsp3) is 0.235. The predicted octanol–water partition coefficient (Wildman–Crippen LogP) is 2.68. The van der Waals surface area contributed by atoms with Crippen molar-refractivity contribution in [2.75, 3.05) is 11.4 Å². The minimum absolute atomic E-state index is 0.00500. The minimum Gasteiger partial charge on any atom is -0.311 e. The second kappa shape index (κ2) is 5.04. The van der Waals surface area contributed by atoms with Gasteiger partial charge in [0.2, 0.25) is 5.91 Å². The first kappa shape index (κ1) is 13.0. The van der Waals surface area contributed by atoms with Gasteiger partial charge in [0.05, 0.1) is 0 Å². The van der Waals surface area contributed by atoms with Crippen LogP contribution in [-0.4, -0.2) is 12.5 Å². The molecule has 1 unspecified atom stereocenters. The zero-order valence-corrected chi connectivity index (χ0v) is 11.1. The molecule has 0 spiro atoms. The average molecular weight is 249 g/mol.